The van der Waals surface area contributed by atoms with E-state index in [1.54, 1.807) is 6.33 Å². The first-order valence-corrected chi connectivity index (χ1v) is 9.23. The summed E-state index contributed by atoms with van der Waals surface area (Å²) in [5.41, 5.74) is 8.58. The highest BCUT2D eigenvalue weighted by molar-refractivity contribution is 6.30. The van der Waals surface area contributed by atoms with Crippen molar-refractivity contribution < 1.29 is 0 Å². The molecular weight excluding hydrogens is 350 g/mol. The molecule has 8 heteroatoms. The minimum atomic E-state index is 0.437. The normalized spacial score (nSPS) is 15.7. The predicted molar refractivity (Wildman–Crippen MR) is 104 cm³/mol. The molecule has 0 saturated carbocycles. The van der Waals surface area contributed by atoms with Crippen LogP contribution in [0.2, 0.25) is 5.02 Å². The van der Waals surface area contributed by atoms with Gasteiger partial charge in [-0.2, -0.15) is 0 Å². The number of aromatic nitrogens is 4. The fraction of sp³-hybridized carbons (Fsp3) is 0.389. The number of nitrogens with zero attached hydrogens (tertiary/aromatic N) is 6. The van der Waals surface area contributed by atoms with Crippen molar-refractivity contribution in [3.63, 3.8) is 0 Å². The van der Waals surface area contributed by atoms with Crippen molar-refractivity contribution >= 4 is 34.3 Å². The summed E-state index contributed by atoms with van der Waals surface area (Å²) in [5.74, 6) is 0.437. The largest absolute Gasteiger partial charge is 0.382 e. The van der Waals surface area contributed by atoms with Crippen LogP contribution < -0.4 is 10.6 Å². The van der Waals surface area contributed by atoms with Gasteiger partial charge in [0.1, 0.15) is 11.8 Å². The van der Waals surface area contributed by atoms with Crippen molar-refractivity contribution in [2.24, 2.45) is 0 Å². The van der Waals surface area contributed by atoms with Crippen LogP contribution in [0.4, 0.5) is 11.5 Å². The molecule has 0 spiro atoms. The SMILES string of the molecule is Nc1ncnc2c1ncn2CCCN1CCN(c2ccc(Cl)cc2)CC1. The van der Waals surface area contributed by atoms with Crippen LogP contribution in [0, 0.1) is 0 Å². The molecule has 2 aromatic heterocycles. The lowest BCUT2D eigenvalue weighted by Gasteiger charge is -2.36. The van der Waals surface area contributed by atoms with E-state index in [9.17, 15) is 0 Å². The zero-order valence-corrected chi connectivity index (χ0v) is 15.3. The van der Waals surface area contributed by atoms with Gasteiger partial charge in [0.15, 0.2) is 11.5 Å². The molecule has 136 valence electrons. The molecule has 0 bridgehead atoms. The molecule has 0 aliphatic carbocycles. The number of benzene rings is 1. The highest BCUT2D eigenvalue weighted by atomic mass is 35.5. The Labute approximate surface area is 157 Å². The zero-order valence-electron chi connectivity index (χ0n) is 14.6. The quantitative estimate of drug-likeness (QED) is 0.741. The molecule has 0 amide bonds. The van der Waals surface area contributed by atoms with Crippen molar-refractivity contribution in [2.45, 2.75) is 13.0 Å². The molecule has 0 unspecified atom stereocenters. The van der Waals surface area contributed by atoms with E-state index >= 15 is 0 Å². The topological polar surface area (TPSA) is 76.1 Å². The van der Waals surface area contributed by atoms with Gasteiger partial charge in [0, 0.05) is 43.4 Å². The molecular formula is C18H22ClN7. The summed E-state index contributed by atoms with van der Waals surface area (Å²) in [7, 11) is 0. The maximum absolute atomic E-state index is 5.97. The number of hydrogen-bond donors (Lipinski definition) is 1. The van der Waals surface area contributed by atoms with E-state index in [1.807, 2.05) is 12.1 Å². The minimum absolute atomic E-state index is 0.437. The molecule has 1 aliphatic rings. The summed E-state index contributed by atoms with van der Waals surface area (Å²) < 4.78 is 2.05. The Morgan fingerprint density at radius 1 is 0.962 bits per heavy atom. The number of halogens is 1. The van der Waals surface area contributed by atoms with Crippen LogP contribution in [0.25, 0.3) is 11.2 Å². The van der Waals surface area contributed by atoms with Gasteiger partial charge in [-0.25, -0.2) is 15.0 Å². The fourth-order valence-corrected chi connectivity index (χ4v) is 3.53. The third-order valence-electron chi connectivity index (χ3n) is 4.87. The molecule has 0 atom stereocenters. The third-order valence-corrected chi connectivity index (χ3v) is 5.12. The van der Waals surface area contributed by atoms with Crippen LogP contribution in [0.1, 0.15) is 6.42 Å². The van der Waals surface area contributed by atoms with E-state index in [-0.39, 0.29) is 0 Å². The van der Waals surface area contributed by atoms with Crippen LogP contribution in [0.5, 0.6) is 0 Å². The van der Waals surface area contributed by atoms with Gasteiger partial charge < -0.3 is 15.2 Å². The fourth-order valence-electron chi connectivity index (χ4n) is 3.41. The van der Waals surface area contributed by atoms with Gasteiger partial charge in [0.05, 0.1) is 6.33 Å². The van der Waals surface area contributed by atoms with Crippen LogP contribution in [0.15, 0.2) is 36.9 Å². The van der Waals surface area contributed by atoms with Gasteiger partial charge in [-0.05, 0) is 37.2 Å². The number of imidazole rings is 1. The second-order valence-electron chi connectivity index (χ2n) is 6.53. The molecule has 0 radical (unpaired) electrons. The lowest BCUT2D eigenvalue weighted by molar-refractivity contribution is 0.251. The average Bonchev–Trinajstić information content (AvgIpc) is 3.08. The molecule has 3 aromatic rings. The number of anilines is 2. The summed E-state index contributed by atoms with van der Waals surface area (Å²) >= 11 is 5.97. The first-order chi connectivity index (χ1) is 12.7. The molecule has 1 aliphatic heterocycles. The monoisotopic (exact) mass is 371 g/mol. The summed E-state index contributed by atoms with van der Waals surface area (Å²) in [6.45, 7) is 6.17. The molecule has 1 saturated heterocycles. The van der Waals surface area contributed by atoms with Gasteiger partial charge in [-0.15, -0.1) is 0 Å². The Morgan fingerprint density at radius 2 is 1.73 bits per heavy atom. The maximum Gasteiger partial charge on any atom is 0.165 e. The zero-order chi connectivity index (χ0) is 17.9. The van der Waals surface area contributed by atoms with E-state index < -0.39 is 0 Å². The highest BCUT2D eigenvalue weighted by Crippen LogP contribution is 2.19. The smallest absolute Gasteiger partial charge is 0.165 e. The van der Waals surface area contributed by atoms with Crippen molar-refractivity contribution in [1.29, 1.82) is 0 Å². The molecule has 2 N–H and O–H groups in total. The van der Waals surface area contributed by atoms with Crippen LogP contribution >= 0.6 is 11.6 Å². The number of hydrogen-bond acceptors (Lipinski definition) is 6. The summed E-state index contributed by atoms with van der Waals surface area (Å²) in [6, 6.07) is 8.09. The Kier molecular flexibility index (Phi) is 4.90. The first kappa shape index (κ1) is 17.1. The van der Waals surface area contributed by atoms with Crippen molar-refractivity contribution in [3.8, 4) is 0 Å². The van der Waals surface area contributed by atoms with E-state index in [4.69, 9.17) is 17.3 Å². The first-order valence-electron chi connectivity index (χ1n) is 8.85. The van der Waals surface area contributed by atoms with Crippen LogP contribution in [-0.2, 0) is 6.54 Å². The number of nitrogens with two attached hydrogens (primary N) is 1. The van der Waals surface area contributed by atoms with Gasteiger partial charge in [-0.1, -0.05) is 11.6 Å². The number of nitrogen functional groups attached to an aromatic ring is 1. The van der Waals surface area contributed by atoms with Gasteiger partial charge in [-0.3, -0.25) is 4.90 Å². The van der Waals surface area contributed by atoms with Gasteiger partial charge in [0.2, 0.25) is 0 Å². The number of piperazine rings is 1. The average molecular weight is 372 g/mol. The molecule has 1 aromatic carbocycles. The predicted octanol–water partition coefficient (Wildman–Crippen LogP) is 2.27. The molecule has 1 fully saturated rings. The summed E-state index contributed by atoms with van der Waals surface area (Å²) in [4.78, 5) is 17.5. The lowest BCUT2D eigenvalue weighted by atomic mass is 10.2. The second-order valence-corrected chi connectivity index (χ2v) is 6.96. The maximum atomic E-state index is 5.97. The Morgan fingerprint density at radius 3 is 2.50 bits per heavy atom. The van der Waals surface area contributed by atoms with Gasteiger partial charge in [0.25, 0.3) is 0 Å². The highest BCUT2D eigenvalue weighted by Gasteiger charge is 2.17. The van der Waals surface area contributed by atoms with E-state index in [0.29, 0.717) is 11.3 Å². The van der Waals surface area contributed by atoms with Crippen LogP contribution in [0.3, 0.4) is 0 Å². The molecule has 26 heavy (non-hydrogen) atoms. The van der Waals surface area contributed by atoms with E-state index in [2.05, 4.69) is 41.5 Å². The molecule has 3 heterocycles. The molecule has 4 rings (SSSR count). The lowest BCUT2D eigenvalue weighted by Crippen LogP contribution is -2.46. The Bertz CT molecular complexity index is 869. The number of fused-ring (bicyclic) bond motifs is 1. The van der Waals surface area contributed by atoms with E-state index in [1.165, 1.54) is 12.0 Å². The van der Waals surface area contributed by atoms with Crippen LogP contribution in [-0.4, -0.2) is 57.1 Å². The molecule has 7 nitrogen and oxygen atoms in total. The third kappa shape index (κ3) is 3.59. The summed E-state index contributed by atoms with van der Waals surface area (Å²) in [6.07, 6.45) is 4.34. The van der Waals surface area contributed by atoms with Gasteiger partial charge >= 0.3 is 0 Å². The number of aryl methyl sites for hydroxylation is 1. The Hall–Kier alpha value is -2.38. The van der Waals surface area contributed by atoms with Crippen molar-refractivity contribution in [2.75, 3.05) is 43.4 Å². The van der Waals surface area contributed by atoms with Crippen molar-refractivity contribution in [3.05, 3.63) is 41.9 Å². The standard InChI is InChI=1S/C18H22ClN7/c19-14-2-4-15(5-3-14)25-10-8-24(9-11-25)6-1-7-26-13-23-16-17(20)21-12-22-18(16)26/h2-5,12-13H,1,6-11H2,(H2,20,21,22). The Balaban J connectivity index is 1.27. The number of rotatable bonds is 5. The second kappa shape index (κ2) is 7.47. The van der Waals surface area contributed by atoms with Crippen molar-refractivity contribution in [1.82, 2.24) is 24.4 Å². The minimum Gasteiger partial charge on any atom is -0.382 e. The van der Waals surface area contributed by atoms with E-state index in [0.717, 1.165) is 56.4 Å². The summed E-state index contributed by atoms with van der Waals surface area (Å²) in [5, 5.41) is 0.784.